The molecule has 2 aliphatic heterocycles. The number of aryl methyl sites for hydroxylation is 2. The topological polar surface area (TPSA) is 39.3 Å². The lowest BCUT2D eigenvalue weighted by Crippen LogP contribution is -2.59. The first-order valence-electron chi connectivity index (χ1n) is 9.20. The monoisotopic (exact) mass is 325 g/mol. The number of H-pyrrole nitrogens is 1. The summed E-state index contributed by atoms with van der Waals surface area (Å²) in [4.78, 5) is 21.1. The van der Waals surface area contributed by atoms with Gasteiger partial charge >= 0.3 is 0 Å². The van der Waals surface area contributed by atoms with E-state index in [2.05, 4.69) is 27.8 Å². The molecule has 1 N–H and O–H groups in total. The van der Waals surface area contributed by atoms with Crippen LogP contribution in [0.25, 0.3) is 10.9 Å². The number of likely N-dealkylation sites (tertiary alicyclic amines) is 2. The third-order valence-electron chi connectivity index (χ3n) is 5.70. The van der Waals surface area contributed by atoms with Crippen molar-refractivity contribution in [2.24, 2.45) is 0 Å². The number of nitrogens with zero attached hydrogens (tertiary/aromatic N) is 2. The molecule has 0 unspecified atom stereocenters. The second kappa shape index (κ2) is 6.34. The highest BCUT2D eigenvalue weighted by Crippen LogP contribution is 2.22. The van der Waals surface area contributed by atoms with E-state index in [0.29, 0.717) is 0 Å². The molecule has 2 aliphatic rings. The fourth-order valence-corrected chi connectivity index (χ4v) is 4.23. The van der Waals surface area contributed by atoms with E-state index in [0.717, 1.165) is 53.4 Å². The van der Waals surface area contributed by atoms with Gasteiger partial charge in [-0.15, -0.1) is 0 Å². The van der Waals surface area contributed by atoms with Crippen molar-refractivity contribution in [1.29, 1.82) is 0 Å². The first-order valence-corrected chi connectivity index (χ1v) is 9.20. The van der Waals surface area contributed by atoms with Gasteiger partial charge in [0.1, 0.15) is 0 Å². The first-order chi connectivity index (χ1) is 11.6. The SMILES string of the molecule is Cc1ccc(C)c2c(=O)cc(CN3CC(N4CCCCC4)C3)[nH]c12. The number of pyridine rings is 1. The molecule has 0 amide bonds. The largest absolute Gasteiger partial charge is 0.357 e. The van der Waals surface area contributed by atoms with Crippen LogP contribution in [0.15, 0.2) is 23.0 Å². The maximum atomic E-state index is 12.5. The Morgan fingerprint density at radius 2 is 1.79 bits per heavy atom. The third-order valence-corrected chi connectivity index (χ3v) is 5.70. The fraction of sp³-hybridized carbons (Fsp3) is 0.550. The minimum Gasteiger partial charge on any atom is -0.357 e. The highest BCUT2D eigenvalue weighted by Gasteiger charge is 2.32. The fourth-order valence-electron chi connectivity index (χ4n) is 4.23. The highest BCUT2D eigenvalue weighted by molar-refractivity contribution is 5.84. The Labute approximate surface area is 143 Å². The van der Waals surface area contributed by atoms with E-state index in [1.54, 1.807) is 6.07 Å². The minimum atomic E-state index is 0.146. The van der Waals surface area contributed by atoms with Crippen molar-refractivity contribution < 1.29 is 0 Å². The second-order valence-corrected chi connectivity index (χ2v) is 7.55. The van der Waals surface area contributed by atoms with Gasteiger partial charge in [-0.3, -0.25) is 14.6 Å². The number of benzene rings is 1. The minimum absolute atomic E-state index is 0.146. The standard InChI is InChI=1S/C20H27N3O/c1-14-6-7-15(2)20-19(14)18(24)10-16(21-20)11-22-12-17(13-22)23-8-4-3-5-9-23/h6-7,10,17H,3-5,8-9,11-13H2,1-2H3,(H,21,24). The number of aromatic nitrogens is 1. The van der Waals surface area contributed by atoms with Gasteiger partial charge in [-0.1, -0.05) is 18.6 Å². The Balaban J connectivity index is 1.48. The molecule has 2 saturated heterocycles. The van der Waals surface area contributed by atoms with E-state index in [-0.39, 0.29) is 5.43 Å². The van der Waals surface area contributed by atoms with Crippen molar-refractivity contribution in [3.63, 3.8) is 0 Å². The predicted molar refractivity (Wildman–Crippen MR) is 98.5 cm³/mol. The summed E-state index contributed by atoms with van der Waals surface area (Å²) in [7, 11) is 0. The summed E-state index contributed by atoms with van der Waals surface area (Å²) in [5, 5.41) is 0.841. The number of hydrogen-bond donors (Lipinski definition) is 1. The molecule has 4 heteroatoms. The number of hydrogen-bond acceptors (Lipinski definition) is 3. The maximum absolute atomic E-state index is 12.5. The highest BCUT2D eigenvalue weighted by atomic mass is 16.1. The Hall–Kier alpha value is -1.65. The van der Waals surface area contributed by atoms with E-state index in [1.165, 1.54) is 32.4 Å². The average Bonchev–Trinajstić information content (AvgIpc) is 2.54. The maximum Gasteiger partial charge on any atom is 0.189 e. The van der Waals surface area contributed by atoms with E-state index in [9.17, 15) is 4.79 Å². The zero-order valence-corrected chi connectivity index (χ0v) is 14.8. The molecule has 2 fully saturated rings. The molecular weight excluding hydrogens is 298 g/mol. The smallest absolute Gasteiger partial charge is 0.189 e. The number of aromatic amines is 1. The van der Waals surface area contributed by atoms with Crippen LogP contribution >= 0.6 is 0 Å². The zero-order valence-electron chi connectivity index (χ0n) is 14.8. The van der Waals surface area contributed by atoms with Crippen LogP contribution in [-0.2, 0) is 6.54 Å². The van der Waals surface area contributed by atoms with Crippen LogP contribution in [0, 0.1) is 13.8 Å². The lowest BCUT2D eigenvalue weighted by Gasteiger charge is -2.46. The van der Waals surface area contributed by atoms with Crippen LogP contribution < -0.4 is 5.43 Å². The molecule has 1 aromatic heterocycles. The van der Waals surface area contributed by atoms with Crippen LogP contribution in [0.2, 0.25) is 0 Å². The number of fused-ring (bicyclic) bond motifs is 1. The molecule has 4 nitrogen and oxygen atoms in total. The third kappa shape index (κ3) is 2.89. The molecule has 1 aromatic carbocycles. The van der Waals surface area contributed by atoms with Crippen LogP contribution in [0.5, 0.6) is 0 Å². The van der Waals surface area contributed by atoms with Gasteiger partial charge in [0.25, 0.3) is 0 Å². The Kier molecular flexibility index (Phi) is 4.19. The first kappa shape index (κ1) is 15.9. The zero-order chi connectivity index (χ0) is 16.7. The molecule has 0 aliphatic carbocycles. The molecule has 0 saturated carbocycles. The molecule has 3 heterocycles. The Morgan fingerprint density at radius 3 is 2.54 bits per heavy atom. The molecule has 2 aromatic rings. The molecular formula is C20H27N3O. The van der Waals surface area contributed by atoms with E-state index in [1.807, 2.05) is 13.0 Å². The van der Waals surface area contributed by atoms with Gasteiger partial charge in [-0.05, 0) is 50.9 Å². The molecule has 0 atom stereocenters. The van der Waals surface area contributed by atoms with Crippen molar-refractivity contribution in [2.45, 2.75) is 45.7 Å². The Morgan fingerprint density at radius 1 is 1.08 bits per heavy atom. The quantitative estimate of drug-likeness (QED) is 0.943. The van der Waals surface area contributed by atoms with Crippen molar-refractivity contribution in [3.8, 4) is 0 Å². The Bertz CT molecular complexity index is 798. The molecule has 128 valence electrons. The summed E-state index contributed by atoms with van der Waals surface area (Å²) in [6.07, 6.45) is 4.10. The molecule has 0 bridgehead atoms. The van der Waals surface area contributed by atoms with E-state index < -0.39 is 0 Å². The summed E-state index contributed by atoms with van der Waals surface area (Å²) in [5.41, 5.74) is 4.39. The molecule has 4 rings (SSSR count). The van der Waals surface area contributed by atoms with Crippen molar-refractivity contribution in [2.75, 3.05) is 26.2 Å². The lowest BCUT2D eigenvalue weighted by atomic mass is 10.0. The number of nitrogens with one attached hydrogen (secondary N) is 1. The van der Waals surface area contributed by atoms with Crippen molar-refractivity contribution in [1.82, 2.24) is 14.8 Å². The van der Waals surface area contributed by atoms with E-state index >= 15 is 0 Å². The predicted octanol–water partition coefficient (Wildman–Crippen LogP) is 2.82. The summed E-state index contributed by atoms with van der Waals surface area (Å²) in [5.74, 6) is 0. The van der Waals surface area contributed by atoms with Gasteiger partial charge in [0.05, 0.1) is 5.52 Å². The summed E-state index contributed by atoms with van der Waals surface area (Å²) < 4.78 is 0. The average molecular weight is 325 g/mol. The molecule has 0 radical (unpaired) electrons. The van der Waals surface area contributed by atoms with Crippen molar-refractivity contribution >= 4 is 10.9 Å². The van der Waals surface area contributed by atoms with Crippen molar-refractivity contribution in [3.05, 3.63) is 45.2 Å². The van der Waals surface area contributed by atoms with Crippen LogP contribution in [0.4, 0.5) is 0 Å². The second-order valence-electron chi connectivity index (χ2n) is 7.55. The summed E-state index contributed by atoms with van der Waals surface area (Å²) in [6, 6.07) is 6.64. The lowest BCUT2D eigenvalue weighted by molar-refractivity contribution is 0.0179. The van der Waals surface area contributed by atoms with Gasteiger partial charge in [-0.25, -0.2) is 0 Å². The number of rotatable bonds is 3. The summed E-state index contributed by atoms with van der Waals surface area (Å²) in [6.45, 7) is 9.73. The normalized spacial score (nSPS) is 20.4. The van der Waals surface area contributed by atoms with Gasteiger partial charge in [-0.2, -0.15) is 0 Å². The van der Waals surface area contributed by atoms with Gasteiger partial charge in [0.2, 0.25) is 0 Å². The van der Waals surface area contributed by atoms with Crippen LogP contribution in [-0.4, -0.2) is 47.0 Å². The van der Waals surface area contributed by atoms with Gasteiger partial charge < -0.3 is 4.98 Å². The number of piperidine rings is 1. The van der Waals surface area contributed by atoms with Crippen LogP contribution in [0.3, 0.4) is 0 Å². The molecule has 24 heavy (non-hydrogen) atoms. The molecule has 0 spiro atoms. The van der Waals surface area contributed by atoms with Crippen LogP contribution in [0.1, 0.15) is 36.1 Å². The van der Waals surface area contributed by atoms with Gasteiger partial charge in [0, 0.05) is 42.8 Å². The summed E-state index contributed by atoms with van der Waals surface area (Å²) >= 11 is 0. The van der Waals surface area contributed by atoms with Gasteiger partial charge in [0.15, 0.2) is 5.43 Å². The van der Waals surface area contributed by atoms with E-state index in [4.69, 9.17) is 0 Å².